The van der Waals surface area contributed by atoms with Crippen LogP contribution in [0.25, 0.3) is 110 Å². The highest BCUT2D eigenvalue weighted by Crippen LogP contribution is 2.46. The van der Waals surface area contributed by atoms with Crippen LogP contribution in [0.4, 0.5) is 0 Å². The SMILES string of the molecule is Cc1cc(-c2ccccc2-c2csc(-c3nc(-c4ccccc4-c4cc(C)cc(-n5c6ccccc6c6ccccc65)c4O)cs3)n2)c(O)c(-n2c3ccccc3c3ccccc32)c1. The molecule has 0 spiro atoms. The minimum absolute atomic E-state index is 0.213. The summed E-state index contributed by atoms with van der Waals surface area (Å²) in [7, 11) is 0. The van der Waals surface area contributed by atoms with Crippen molar-refractivity contribution in [3.05, 3.63) is 192 Å². The van der Waals surface area contributed by atoms with Gasteiger partial charge in [0.05, 0.1) is 44.8 Å². The van der Waals surface area contributed by atoms with Crippen LogP contribution in [-0.2, 0) is 0 Å². The van der Waals surface area contributed by atoms with Gasteiger partial charge in [-0.3, -0.25) is 0 Å². The summed E-state index contributed by atoms with van der Waals surface area (Å²) in [5.41, 5.74) is 14.5. The second-order valence-corrected chi connectivity index (χ2v) is 18.0. The highest BCUT2D eigenvalue weighted by Gasteiger charge is 2.23. The van der Waals surface area contributed by atoms with Gasteiger partial charge < -0.3 is 19.3 Å². The molecule has 8 aromatic carbocycles. The Morgan fingerprint density at radius 3 is 1.05 bits per heavy atom. The number of nitrogens with zero attached hydrogens (tertiary/aromatic N) is 4. The molecule has 12 aromatic rings. The van der Waals surface area contributed by atoms with Gasteiger partial charge in [0.2, 0.25) is 0 Å². The molecular formula is C56H38N4O2S2. The molecule has 6 nitrogen and oxygen atoms in total. The number of aromatic hydroxyl groups is 2. The Morgan fingerprint density at radius 1 is 0.375 bits per heavy atom. The van der Waals surface area contributed by atoms with Crippen LogP contribution in [0.2, 0.25) is 0 Å². The molecule has 4 aromatic heterocycles. The topological polar surface area (TPSA) is 76.1 Å². The van der Waals surface area contributed by atoms with E-state index in [-0.39, 0.29) is 11.5 Å². The molecule has 0 bridgehead atoms. The van der Waals surface area contributed by atoms with Crippen molar-refractivity contribution in [2.45, 2.75) is 13.8 Å². The number of phenolic OH excluding ortho intramolecular Hbond substituents is 2. The van der Waals surface area contributed by atoms with Crippen molar-refractivity contribution >= 4 is 66.3 Å². The smallest absolute Gasteiger partial charge is 0.152 e. The largest absolute Gasteiger partial charge is 0.505 e. The molecule has 0 unspecified atom stereocenters. The second kappa shape index (κ2) is 14.9. The maximum absolute atomic E-state index is 12.2. The lowest BCUT2D eigenvalue weighted by atomic mass is 9.95. The number of aryl methyl sites for hydroxylation is 2. The molecule has 12 rings (SSSR count). The van der Waals surface area contributed by atoms with E-state index < -0.39 is 0 Å². The Hall–Kier alpha value is -7.78. The molecule has 0 aliphatic rings. The third-order valence-electron chi connectivity index (χ3n) is 12.3. The average molecular weight is 863 g/mol. The fourth-order valence-electron chi connectivity index (χ4n) is 9.51. The zero-order valence-electron chi connectivity index (χ0n) is 34.8. The zero-order valence-corrected chi connectivity index (χ0v) is 36.5. The monoisotopic (exact) mass is 862 g/mol. The fourth-order valence-corrected chi connectivity index (χ4v) is 11.2. The summed E-state index contributed by atoms with van der Waals surface area (Å²) in [6.45, 7) is 4.15. The van der Waals surface area contributed by atoms with Crippen molar-refractivity contribution in [1.29, 1.82) is 0 Å². The Kier molecular flexibility index (Phi) is 8.86. The summed E-state index contributed by atoms with van der Waals surface area (Å²) >= 11 is 3.11. The molecule has 0 aliphatic heterocycles. The van der Waals surface area contributed by atoms with E-state index in [9.17, 15) is 10.2 Å². The molecule has 2 N–H and O–H groups in total. The van der Waals surface area contributed by atoms with Gasteiger partial charge in [0.25, 0.3) is 0 Å². The van der Waals surface area contributed by atoms with E-state index in [0.717, 1.165) is 121 Å². The van der Waals surface area contributed by atoms with E-state index in [0.29, 0.717) is 0 Å². The average Bonchev–Trinajstić information content (AvgIpc) is 4.15. The maximum Gasteiger partial charge on any atom is 0.152 e. The number of phenols is 2. The second-order valence-electron chi connectivity index (χ2n) is 16.3. The summed E-state index contributed by atoms with van der Waals surface area (Å²) in [6.07, 6.45) is 0. The zero-order chi connectivity index (χ0) is 43.1. The van der Waals surface area contributed by atoms with E-state index in [1.807, 2.05) is 48.5 Å². The first-order valence-electron chi connectivity index (χ1n) is 21.2. The van der Waals surface area contributed by atoms with Crippen molar-refractivity contribution in [3.63, 3.8) is 0 Å². The number of hydrogen-bond acceptors (Lipinski definition) is 6. The van der Waals surface area contributed by atoms with E-state index in [1.54, 1.807) is 22.7 Å². The van der Waals surface area contributed by atoms with Crippen LogP contribution >= 0.6 is 22.7 Å². The number of fused-ring (bicyclic) bond motifs is 6. The predicted molar refractivity (Wildman–Crippen MR) is 266 cm³/mol. The molecule has 0 atom stereocenters. The molecule has 0 fully saturated rings. The molecule has 0 radical (unpaired) electrons. The number of aromatic nitrogens is 4. The third kappa shape index (κ3) is 5.98. The van der Waals surface area contributed by atoms with Crippen LogP contribution in [0.15, 0.2) is 181 Å². The molecule has 64 heavy (non-hydrogen) atoms. The van der Waals surface area contributed by atoms with E-state index >= 15 is 0 Å². The van der Waals surface area contributed by atoms with Gasteiger partial charge >= 0.3 is 0 Å². The summed E-state index contributed by atoms with van der Waals surface area (Å²) in [5.74, 6) is 0.426. The maximum atomic E-state index is 12.2. The summed E-state index contributed by atoms with van der Waals surface area (Å²) in [6, 6.07) is 58.0. The predicted octanol–water partition coefficient (Wildman–Crippen LogP) is 15.2. The Labute approximate surface area is 376 Å². The lowest BCUT2D eigenvalue weighted by Crippen LogP contribution is -1.97. The van der Waals surface area contributed by atoms with Crippen LogP contribution in [-0.4, -0.2) is 29.3 Å². The van der Waals surface area contributed by atoms with Crippen LogP contribution < -0.4 is 0 Å². The van der Waals surface area contributed by atoms with Gasteiger partial charge in [-0.15, -0.1) is 22.7 Å². The van der Waals surface area contributed by atoms with Crippen molar-refractivity contribution in [2.75, 3.05) is 0 Å². The normalized spacial score (nSPS) is 11.7. The quantitative estimate of drug-likeness (QED) is 0.167. The van der Waals surface area contributed by atoms with Gasteiger partial charge in [-0.05, 0) is 84.6 Å². The molecule has 0 saturated heterocycles. The van der Waals surface area contributed by atoms with Gasteiger partial charge in [-0.2, -0.15) is 0 Å². The van der Waals surface area contributed by atoms with Crippen molar-refractivity contribution < 1.29 is 10.2 Å². The molecule has 0 aliphatic carbocycles. The Bertz CT molecular complexity index is 3460. The first kappa shape index (κ1) is 37.9. The Balaban J connectivity index is 0.916. The summed E-state index contributed by atoms with van der Waals surface area (Å²) in [5, 5.41) is 34.8. The van der Waals surface area contributed by atoms with Crippen LogP contribution in [0.1, 0.15) is 11.1 Å². The van der Waals surface area contributed by atoms with Crippen molar-refractivity contribution in [1.82, 2.24) is 19.1 Å². The standard InChI is InChI=1S/C56H38N4O2S2/c1-33-27-43(53(61)51(29-33)59-47-23-11-7-19-39(47)40-20-8-12-24-48(40)59)35-15-3-5-17-37(35)45-31-63-55(57-45)56-58-46(32-64-56)38-18-6-4-16-36(38)44-28-34(2)30-52(54(44)62)60-49-25-13-9-21-41(49)42-22-10-14-26-50(42)60/h3-32,61-62H,1-2H3. The van der Waals surface area contributed by atoms with Gasteiger partial charge in [-0.25, -0.2) is 9.97 Å². The number of thiazole rings is 2. The number of benzene rings is 8. The lowest BCUT2D eigenvalue weighted by Gasteiger charge is -2.17. The highest BCUT2D eigenvalue weighted by atomic mass is 32.1. The molecule has 4 heterocycles. The van der Waals surface area contributed by atoms with Gasteiger partial charge in [0.1, 0.15) is 11.5 Å². The van der Waals surface area contributed by atoms with Crippen LogP contribution in [0, 0.1) is 13.8 Å². The minimum atomic E-state index is 0.213. The molecular weight excluding hydrogens is 825 g/mol. The van der Waals surface area contributed by atoms with Crippen LogP contribution in [0.5, 0.6) is 11.5 Å². The fraction of sp³-hybridized carbons (Fsp3) is 0.0357. The third-order valence-corrected chi connectivity index (χ3v) is 14.1. The summed E-state index contributed by atoms with van der Waals surface area (Å²) < 4.78 is 4.34. The van der Waals surface area contributed by atoms with Crippen molar-refractivity contribution in [3.8, 4) is 77.7 Å². The highest BCUT2D eigenvalue weighted by molar-refractivity contribution is 7.20. The van der Waals surface area contributed by atoms with Crippen LogP contribution in [0.3, 0.4) is 0 Å². The number of rotatable bonds is 7. The van der Waals surface area contributed by atoms with E-state index in [2.05, 4.69) is 155 Å². The molecule has 306 valence electrons. The number of para-hydroxylation sites is 4. The Morgan fingerprint density at radius 2 is 0.688 bits per heavy atom. The number of hydrogen-bond donors (Lipinski definition) is 2. The van der Waals surface area contributed by atoms with E-state index in [4.69, 9.17) is 9.97 Å². The lowest BCUT2D eigenvalue weighted by molar-refractivity contribution is 0.474. The van der Waals surface area contributed by atoms with Gasteiger partial charge in [0, 0.05) is 54.6 Å². The molecule has 0 saturated carbocycles. The van der Waals surface area contributed by atoms with Gasteiger partial charge in [-0.1, -0.05) is 121 Å². The first-order chi connectivity index (χ1) is 31.4. The molecule has 0 amide bonds. The van der Waals surface area contributed by atoms with Crippen molar-refractivity contribution in [2.24, 2.45) is 0 Å². The van der Waals surface area contributed by atoms with E-state index in [1.165, 1.54) is 0 Å². The first-order valence-corrected chi connectivity index (χ1v) is 22.9. The molecule has 8 heteroatoms. The minimum Gasteiger partial charge on any atom is -0.505 e. The summed E-state index contributed by atoms with van der Waals surface area (Å²) in [4.78, 5) is 10.4. The van der Waals surface area contributed by atoms with Gasteiger partial charge in [0.15, 0.2) is 10.0 Å².